The summed E-state index contributed by atoms with van der Waals surface area (Å²) in [6, 6.07) is 13.1. The zero-order valence-corrected chi connectivity index (χ0v) is 11.5. The average Bonchev–Trinajstić information content (AvgIpc) is 2.69. The number of nitrogens with zero attached hydrogens (tertiary/aromatic N) is 1. The fraction of sp³-hybridized carbons (Fsp3) is 0.118. The minimum absolute atomic E-state index is 0.100. The molecular formula is C17H16NO2+. The van der Waals surface area contributed by atoms with Crippen molar-refractivity contribution >= 4 is 23.0 Å². The molecule has 0 amide bonds. The van der Waals surface area contributed by atoms with E-state index in [-0.39, 0.29) is 11.5 Å². The second kappa shape index (κ2) is 4.53. The summed E-state index contributed by atoms with van der Waals surface area (Å²) >= 11 is 0. The number of hydrogen-bond donors (Lipinski definition) is 2. The van der Waals surface area contributed by atoms with Gasteiger partial charge in [-0.1, -0.05) is 18.2 Å². The van der Waals surface area contributed by atoms with Crippen LogP contribution in [0, 0.1) is 0 Å². The molecule has 0 atom stereocenters. The summed E-state index contributed by atoms with van der Waals surface area (Å²) in [5.41, 5.74) is 5.52. The Balaban J connectivity index is 2.14. The Labute approximate surface area is 117 Å². The van der Waals surface area contributed by atoms with Gasteiger partial charge in [0.1, 0.15) is 7.05 Å². The van der Waals surface area contributed by atoms with Gasteiger partial charge in [-0.3, -0.25) is 0 Å². The molecule has 0 saturated heterocycles. The third kappa shape index (κ3) is 1.88. The van der Waals surface area contributed by atoms with Crippen LogP contribution in [-0.4, -0.2) is 27.5 Å². The minimum atomic E-state index is -0.100. The third-order valence-corrected chi connectivity index (χ3v) is 3.76. The maximum Gasteiger partial charge on any atom is 0.213 e. The molecule has 1 aliphatic rings. The predicted octanol–water partition coefficient (Wildman–Crippen LogP) is 3.39. The quantitative estimate of drug-likeness (QED) is 0.614. The van der Waals surface area contributed by atoms with Gasteiger partial charge in [-0.2, -0.15) is 4.58 Å². The highest BCUT2D eigenvalue weighted by Gasteiger charge is 2.28. The van der Waals surface area contributed by atoms with Crippen molar-refractivity contribution in [2.75, 3.05) is 7.05 Å². The Hall–Kier alpha value is -2.55. The van der Waals surface area contributed by atoms with Gasteiger partial charge in [-0.15, -0.1) is 0 Å². The molecule has 2 aromatic carbocycles. The van der Waals surface area contributed by atoms with Crippen molar-refractivity contribution < 1.29 is 14.8 Å². The zero-order chi connectivity index (χ0) is 14.3. The molecule has 0 aromatic heterocycles. The SMILES string of the molecule is CC1=[N+](C)c2ccccc2/C1=C/c1ccc(O)c(O)c1. The van der Waals surface area contributed by atoms with Gasteiger partial charge in [-0.05, 0) is 29.8 Å². The molecular weight excluding hydrogens is 250 g/mol. The van der Waals surface area contributed by atoms with Crippen LogP contribution in [0.3, 0.4) is 0 Å². The highest BCUT2D eigenvalue weighted by molar-refractivity contribution is 6.28. The highest BCUT2D eigenvalue weighted by atomic mass is 16.3. The Bertz CT molecular complexity index is 757. The molecule has 20 heavy (non-hydrogen) atoms. The Kier molecular flexibility index (Phi) is 2.83. The van der Waals surface area contributed by atoms with Crippen LogP contribution >= 0.6 is 0 Å². The molecule has 3 rings (SSSR count). The summed E-state index contributed by atoms with van der Waals surface area (Å²) in [6.45, 7) is 2.08. The Morgan fingerprint density at radius 1 is 1.00 bits per heavy atom. The van der Waals surface area contributed by atoms with Gasteiger partial charge in [0.2, 0.25) is 5.69 Å². The molecule has 0 spiro atoms. The number of aromatic hydroxyl groups is 2. The van der Waals surface area contributed by atoms with Crippen LogP contribution in [0.15, 0.2) is 42.5 Å². The number of benzene rings is 2. The number of rotatable bonds is 1. The molecule has 100 valence electrons. The predicted molar refractivity (Wildman–Crippen MR) is 80.6 cm³/mol. The van der Waals surface area contributed by atoms with E-state index in [9.17, 15) is 10.2 Å². The Morgan fingerprint density at radius 3 is 2.50 bits per heavy atom. The van der Waals surface area contributed by atoms with Gasteiger partial charge in [0.15, 0.2) is 17.2 Å². The molecule has 3 heteroatoms. The summed E-state index contributed by atoms with van der Waals surface area (Å²) in [5.74, 6) is -0.201. The fourth-order valence-corrected chi connectivity index (χ4v) is 2.53. The van der Waals surface area contributed by atoms with Crippen molar-refractivity contribution in [3.05, 3.63) is 53.6 Å². The molecule has 0 bridgehead atoms. The minimum Gasteiger partial charge on any atom is -0.504 e. The van der Waals surface area contributed by atoms with Crippen LogP contribution in [0.1, 0.15) is 18.1 Å². The van der Waals surface area contributed by atoms with E-state index in [1.165, 1.54) is 23.0 Å². The molecule has 1 aliphatic heterocycles. The fourth-order valence-electron chi connectivity index (χ4n) is 2.53. The second-order valence-corrected chi connectivity index (χ2v) is 4.97. The van der Waals surface area contributed by atoms with Gasteiger partial charge in [0.25, 0.3) is 0 Å². The number of phenolic OH excluding ortho intramolecular Hbond substituents is 2. The van der Waals surface area contributed by atoms with E-state index in [1.54, 1.807) is 12.1 Å². The lowest BCUT2D eigenvalue weighted by Crippen LogP contribution is -2.02. The molecule has 0 fully saturated rings. The van der Waals surface area contributed by atoms with E-state index in [0.29, 0.717) is 0 Å². The first-order valence-electron chi connectivity index (χ1n) is 6.48. The average molecular weight is 266 g/mol. The molecule has 0 radical (unpaired) electrons. The first-order valence-corrected chi connectivity index (χ1v) is 6.48. The van der Waals surface area contributed by atoms with Crippen LogP contribution in [0.25, 0.3) is 11.6 Å². The summed E-state index contributed by atoms with van der Waals surface area (Å²) < 4.78 is 2.15. The number of phenols is 2. The number of para-hydroxylation sites is 1. The van der Waals surface area contributed by atoms with Crippen molar-refractivity contribution in [2.45, 2.75) is 6.92 Å². The first kappa shape index (κ1) is 12.5. The third-order valence-electron chi connectivity index (χ3n) is 3.76. The Morgan fingerprint density at radius 2 is 1.75 bits per heavy atom. The van der Waals surface area contributed by atoms with Gasteiger partial charge >= 0.3 is 0 Å². The highest BCUT2D eigenvalue weighted by Crippen LogP contribution is 2.35. The second-order valence-electron chi connectivity index (χ2n) is 4.97. The summed E-state index contributed by atoms with van der Waals surface area (Å²) in [5, 5.41) is 19.0. The van der Waals surface area contributed by atoms with Crippen LogP contribution in [0.4, 0.5) is 5.69 Å². The summed E-state index contributed by atoms with van der Waals surface area (Å²) in [4.78, 5) is 0. The standard InChI is InChI=1S/C17H15NO2/c1-11-14(9-12-7-8-16(19)17(20)10-12)13-5-3-4-6-15(13)18(11)2/h3-10,20H,1-2H3/p+1. The van der Waals surface area contributed by atoms with Crippen LogP contribution < -0.4 is 0 Å². The van der Waals surface area contributed by atoms with Crippen LogP contribution in [0.2, 0.25) is 0 Å². The van der Waals surface area contributed by atoms with Gasteiger partial charge in [-0.25, -0.2) is 0 Å². The monoisotopic (exact) mass is 266 g/mol. The smallest absolute Gasteiger partial charge is 0.213 e. The van der Waals surface area contributed by atoms with Crippen molar-refractivity contribution in [2.24, 2.45) is 0 Å². The summed E-state index contributed by atoms with van der Waals surface area (Å²) in [6.07, 6.45) is 2.02. The van der Waals surface area contributed by atoms with E-state index in [2.05, 4.69) is 23.6 Å². The lowest BCUT2D eigenvalue weighted by atomic mass is 10.0. The molecule has 0 unspecified atom stereocenters. The lowest BCUT2D eigenvalue weighted by molar-refractivity contribution is -0.401. The molecule has 0 saturated carbocycles. The number of allylic oxidation sites excluding steroid dienone is 1. The maximum atomic E-state index is 9.59. The summed E-state index contributed by atoms with van der Waals surface area (Å²) in [7, 11) is 2.04. The van der Waals surface area contributed by atoms with E-state index in [1.807, 2.05) is 25.3 Å². The van der Waals surface area contributed by atoms with Gasteiger partial charge in [0.05, 0.1) is 11.1 Å². The largest absolute Gasteiger partial charge is 0.504 e. The van der Waals surface area contributed by atoms with Gasteiger partial charge < -0.3 is 10.2 Å². The first-order chi connectivity index (χ1) is 9.58. The number of hydrogen-bond acceptors (Lipinski definition) is 2. The van der Waals surface area contributed by atoms with Crippen molar-refractivity contribution in [1.82, 2.24) is 0 Å². The lowest BCUT2D eigenvalue weighted by Gasteiger charge is -2.01. The topological polar surface area (TPSA) is 43.5 Å². The maximum absolute atomic E-state index is 9.59. The zero-order valence-electron chi connectivity index (χ0n) is 11.5. The van der Waals surface area contributed by atoms with E-state index >= 15 is 0 Å². The molecule has 2 N–H and O–H groups in total. The molecule has 0 aliphatic carbocycles. The van der Waals surface area contributed by atoms with E-state index in [4.69, 9.17) is 0 Å². The van der Waals surface area contributed by atoms with Crippen molar-refractivity contribution in [1.29, 1.82) is 0 Å². The molecule has 2 aromatic rings. The molecule has 3 nitrogen and oxygen atoms in total. The molecule has 1 heterocycles. The number of fused-ring (bicyclic) bond motifs is 1. The van der Waals surface area contributed by atoms with Crippen molar-refractivity contribution in [3.8, 4) is 11.5 Å². The van der Waals surface area contributed by atoms with E-state index in [0.717, 1.165) is 11.1 Å². The van der Waals surface area contributed by atoms with Gasteiger partial charge in [0, 0.05) is 13.0 Å². The van der Waals surface area contributed by atoms with Crippen LogP contribution in [-0.2, 0) is 0 Å². The van der Waals surface area contributed by atoms with E-state index < -0.39 is 0 Å². The normalized spacial score (nSPS) is 15.8. The van der Waals surface area contributed by atoms with Crippen molar-refractivity contribution in [3.63, 3.8) is 0 Å². The van der Waals surface area contributed by atoms with Crippen LogP contribution in [0.5, 0.6) is 11.5 Å².